The zero-order chi connectivity index (χ0) is 17.1. The Labute approximate surface area is 148 Å². The van der Waals surface area contributed by atoms with Gasteiger partial charge in [-0.1, -0.05) is 13.8 Å². The minimum Gasteiger partial charge on any atom is -0.447 e. The predicted molar refractivity (Wildman–Crippen MR) is 96.9 cm³/mol. The number of carbonyl (C=O) groups excluding carboxylic acids is 1. The van der Waals surface area contributed by atoms with Crippen molar-refractivity contribution < 1.29 is 9.53 Å². The van der Waals surface area contributed by atoms with Gasteiger partial charge in [-0.2, -0.15) is 0 Å². The second-order valence-corrected chi connectivity index (χ2v) is 7.07. The molecular weight excluding hydrogens is 324 g/mol. The Morgan fingerprint density at radius 2 is 2.17 bits per heavy atom. The fraction of sp³-hybridized carbons (Fsp3) is 0.588. The third kappa shape index (κ3) is 3.61. The first-order valence-corrected chi connectivity index (χ1v) is 8.88. The molecule has 6 nitrogen and oxygen atoms in total. The number of cyclic esters (lactones) is 1. The lowest BCUT2D eigenvalue weighted by molar-refractivity contribution is 0.115. The molecule has 1 aromatic rings. The van der Waals surface area contributed by atoms with Gasteiger partial charge in [0.1, 0.15) is 6.61 Å². The lowest BCUT2D eigenvalue weighted by Crippen LogP contribution is -2.51. The van der Waals surface area contributed by atoms with Crippen molar-refractivity contribution in [1.82, 2.24) is 14.8 Å². The van der Waals surface area contributed by atoms with E-state index in [0.717, 1.165) is 31.6 Å². The molecule has 0 saturated carbocycles. The number of carbonyl (C=O) groups is 1. The number of pyridine rings is 1. The van der Waals surface area contributed by atoms with Gasteiger partial charge in [-0.25, -0.2) is 4.79 Å². The Hall–Kier alpha value is -1.89. The van der Waals surface area contributed by atoms with Gasteiger partial charge in [0.15, 0.2) is 5.11 Å². The summed E-state index contributed by atoms with van der Waals surface area (Å²) >= 11 is 5.50. The first-order valence-electron chi connectivity index (χ1n) is 8.47. The molecule has 3 heterocycles. The average molecular weight is 348 g/mol. The molecule has 2 fully saturated rings. The molecule has 0 radical (unpaired) electrons. The summed E-state index contributed by atoms with van der Waals surface area (Å²) < 4.78 is 5.27. The number of nitrogens with one attached hydrogen (secondary N) is 1. The molecule has 1 unspecified atom stereocenters. The van der Waals surface area contributed by atoms with Crippen molar-refractivity contribution >= 4 is 29.1 Å². The Kier molecular flexibility index (Phi) is 5.18. The molecule has 7 heteroatoms. The molecule has 3 rings (SSSR count). The number of likely N-dealkylation sites (tertiary alicyclic amines) is 1. The Bertz CT molecular complexity index is 588. The van der Waals surface area contributed by atoms with Crippen LogP contribution < -0.4 is 5.32 Å². The topological polar surface area (TPSA) is 57.7 Å². The van der Waals surface area contributed by atoms with Gasteiger partial charge in [-0.3, -0.25) is 9.88 Å². The lowest BCUT2D eigenvalue weighted by Gasteiger charge is -2.39. The number of anilines is 1. The van der Waals surface area contributed by atoms with Gasteiger partial charge in [0.2, 0.25) is 0 Å². The number of nitrogens with zero attached hydrogens (tertiary/aromatic N) is 3. The van der Waals surface area contributed by atoms with Gasteiger partial charge in [0, 0.05) is 25.3 Å². The van der Waals surface area contributed by atoms with Crippen molar-refractivity contribution in [3.05, 3.63) is 24.5 Å². The van der Waals surface area contributed by atoms with E-state index in [9.17, 15) is 4.79 Å². The summed E-state index contributed by atoms with van der Waals surface area (Å²) in [5, 5.41) is 3.94. The van der Waals surface area contributed by atoms with Crippen LogP contribution in [0.5, 0.6) is 0 Å². The number of rotatable bonds is 3. The first-order chi connectivity index (χ1) is 11.6. The predicted octanol–water partition coefficient (Wildman–Crippen LogP) is 2.72. The minimum absolute atomic E-state index is 0.164. The van der Waals surface area contributed by atoms with Gasteiger partial charge in [-0.05, 0) is 43.1 Å². The van der Waals surface area contributed by atoms with E-state index in [2.05, 4.69) is 29.0 Å². The van der Waals surface area contributed by atoms with Crippen LogP contribution in [-0.2, 0) is 4.74 Å². The fourth-order valence-corrected chi connectivity index (χ4v) is 3.67. The van der Waals surface area contributed by atoms with Crippen LogP contribution >= 0.6 is 12.2 Å². The molecule has 1 N–H and O–H groups in total. The standard InChI is InChI=1S/C17H24N4O2S/c1-12(2)15-11-23-17(22)21(15)14-5-8-20(9-6-14)16(24)19-13-4-3-7-18-10-13/h3-4,7,10,12,14-15H,5-6,8-9,11H2,1-2H3,(H,19,24). The molecule has 1 aromatic heterocycles. The third-order valence-electron chi connectivity index (χ3n) is 4.77. The summed E-state index contributed by atoms with van der Waals surface area (Å²) in [7, 11) is 0. The quantitative estimate of drug-likeness (QED) is 0.848. The molecule has 24 heavy (non-hydrogen) atoms. The number of ether oxygens (including phenoxy) is 1. The monoisotopic (exact) mass is 348 g/mol. The summed E-state index contributed by atoms with van der Waals surface area (Å²) in [6.45, 7) is 6.47. The van der Waals surface area contributed by atoms with Gasteiger partial charge in [0.25, 0.3) is 0 Å². The molecule has 0 bridgehead atoms. The normalized spacial score (nSPS) is 22.0. The average Bonchev–Trinajstić information content (AvgIpc) is 2.98. The zero-order valence-electron chi connectivity index (χ0n) is 14.1. The van der Waals surface area contributed by atoms with Crippen molar-refractivity contribution in [2.45, 2.75) is 38.8 Å². The van der Waals surface area contributed by atoms with Crippen molar-refractivity contribution in [1.29, 1.82) is 0 Å². The van der Waals surface area contributed by atoms with Crippen LogP contribution in [0.1, 0.15) is 26.7 Å². The number of hydrogen-bond donors (Lipinski definition) is 1. The second kappa shape index (κ2) is 7.34. The van der Waals surface area contributed by atoms with Crippen molar-refractivity contribution in [2.75, 3.05) is 25.0 Å². The van der Waals surface area contributed by atoms with E-state index in [1.807, 2.05) is 17.0 Å². The molecule has 2 saturated heterocycles. The van der Waals surface area contributed by atoms with Crippen molar-refractivity contribution in [3.8, 4) is 0 Å². The highest BCUT2D eigenvalue weighted by Gasteiger charge is 2.40. The Morgan fingerprint density at radius 3 is 2.79 bits per heavy atom. The molecule has 2 aliphatic rings. The van der Waals surface area contributed by atoms with E-state index >= 15 is 0 Å². The molecule has 0 spiro atoms. The number of hydrogen-bond acceptors (Lipinski definition) is 4. The molecule has 0 aliphatic carbocycles. The fourth-order valence-electron chi connectivity index (χ4n) is 3.37. The third-order valence-corrected chi connectivity index (χ3v) is 5.13. The second-order valence-electron chi connectivity index (χ2n) is 6.69. The molecule has 0 aromatic carbocycles. The van der Waals surface area contributed by atoms with Crippen molar-refractivity contribution in [2.24, 2.45) is 5.92 Å². The summed E-state index contributed by atoms with van der Waals surface area (Å²) in [6, 6.07) is 4.25. The number of piperidine rings is 1. The summed E-state index contributed by atoms with van der Waals surface area (Å²) in [4.78, 5) is 20.3. The lowest BCUT2D eigenvalue weighted by atomic mass is 9.98. The Balaban J connectivity index is 1.55. The van der Waals surface area contributed by atoms with Crippen LogP contribution in [0.2, 0.25) is 0 Å². The number of thiocarbonyl (C=S) groups is 1. The van der Waals surface area contributed by atoms with Crippen LogP contribution in [0.15, 0.2) is 24.5 Å². The molecule has 2 aliphatic heterocycles. The van der Waals surface area contributed by atoms with E-state index in [1.54, 1.807) is 12.4 Å². The van der Waals surface area contributed by atoms with E-state index < -0.39 is 0 Å². The highest BCUT2D eigenvalue weighted by atomic mass is 32.1. The van der Waals surface area contributed by atoms with E-state index in [4.69, 9.17) is 17.0 Å². The maximum absolute atomic E-state index is 12.1. The van der Waals surface area contributed by atoms with E-state index in [0.29, 0.717) is 17.6 Å². The minimum atomic E-state index is -0.164. The summed E-state index contributed by atoms with van der Waals surface area (Å²) in [5.41, 5.74) is 0.896. The van der Waals surface area contributed by atoms with Crippen molar-refractivity contribution in [3.63, 3.8) is 0 Å². The molecule has 1 atom stereocenters. The van der Waals surface area contributed by atoms with Crippen LogP contribution in [0.3, 0.4) is 0 Å². The largest absolute Gasteiger partial charge is 0.447 e. The molecular formula is C17H24N4O2S. The molecule has 1 amide bonds. The summed E-state index contributed by atoms with van der Waals surface area (Å²) in [5.74, 6) is 0.405. The first kappa shape index (κ1) is 17.0. The van der Waals surface area contributed by atoms with Gasteiger partial charge < -0.3 is 15.0 Å². The van der Waals surface area contributed by atoms with E-state index in [1.165, 1.54) is 0 Å². The number of aromatic nitrogens is 1. The highest BCUT2D eigenvalue weighted by molar-refractivity contribution is 7.80. The van der Waals surface area contributed by atoms with Gasteiger partial charge in [-0.15, -0.1) is 0 Å². The van der Waals surface area contributed by atoms with Gasteiger partial charge >= 0.3 is 6.09 Å². The zero-order valence-corrected chi connectivity index (χ0v) is 15.0. The molecule has 130 valence electrons. The SMILES string of the molecule is CC(C)C1COC(=O)N1C1CCN(C(=S)Nc2cccnc2)CC1. The maximum atomic E-state index is 12.1. The van der Waals surface area contributed by atoms with E-state index in [-0.39, 0.29) is 18.2 Å². The van der Waals surface area contributed by atoms with Crippen LogP contribution in [0, 0.1) is 5.92 Å². The van der Waals surface area contributed by atoms with Crippen LogP contribution in [0.25, 0.3) is 0 Å². The van der Waals surface area contributed by atoms with Crippen LogP contribution in [-0.4, -0.2) is 57.8 Å². The highest BCUT2D eigenvalue weighted by Crippen LogP contribution is 2.27. The smallest absolute Gasteiger partial charge is 0.410 e. The Morgan fingerprint density at radius 1 is 1.42 bits per heavy atom. The summed E-state index contributed by atoms with van der Waals surface area (Å²) in [6.07, 6.45) is 5.15. The maximum Gasteiger partial charge on any atom is 0.410 e. The number of amides is 1. The van der Waals surface area contributed by atoms with Gasteiger partial charge in [0.05, 0.1) is 17.9 Å². The van der Waals surface area contributed by atoms with Crippen LogP contribution in [0.4, 0.5) is 10.5 Å².